The van der Waals surface area contributed by atoms with E-state index in [1.54, 1.807) is 0 Å². The van der Waals surface area contributed by atoms with Crippen LogP contribution in [-0.4, -0.2) is 29.2 Å². The summed E-state index contributed by atoms with van der Waals surface area (Å²) < 4.78 is 5.57. The predicted molar refractivity (Wildman–Crippen MR) is 59.0 cm³/mol. The second-order valence-corrected chi connectivity index (χ2v) is 4.68. The molecule has 1 aromatic rings. The smallest absolute Gasteiger partial charge is 0.337 e. The Labute approximate surface area is 93.5 Å². The molecule has 0 aromatic carbocycles. The fourth-order valence-electron chi connectivity index (χ4n) is 1.45. The molecule has 0 bridgehead atoms. The third-order valence-corrected chi connectivity index (χ3v) is 2.45. The maximum Gasteiger partial charge on any atom is 0.337 e. The number of carboxylic acids is 1. The van der Waals surface area contributed by atoms with Crippen LogP contribution in [-0.2, 0) is 0 Å². The normalized spacial score (nSPS) is 17.6. The van der Waals surface area contributed by atoms with E-state index >= 15 is 0 Å². The zero-order valence-electron chi connectivity index (χ0n) is 9.28. The third-order valence-electron chi connectivity index (χ3n) is 2.45. The van der Waals surface area contributed by atoms with E-state index in [1.165, 1.54) is 12.3 Å². The van der Waals surface area contributed by atoms with Gasteiger partial charge in [-0.2, -0.15) is 0 Å². The third kappa shape index (κ3) is 2.08. The number of pyridine rings is 1. The molecule has 0 saturated heterocycles. The lowest BCUT2D eigenvalue weighted by atomic mass is 9.95. The molecule has 2 rings (SSSR count). The summed E-state index contributed by atoms with van der Waals surface area (Å²) in [6.07, 6.45) is 1.33. The number of aromatic carboxylic acids is 1. The van der Waals surface area contributed by atoms with Crippen molar-refractivity contribution >= 4 is 11.8 Å². The van der Waals surface area contributed by atoms with Crippen LogP contribution < -0.4 is 10.1 Å². The van der Waals surface area contributed by atoms with Crippen molar-refractivity contribution in [1.82, 2.24) is 4.98 Å². The number of fused-ring (bicyclic) bond motifs is 1. The molecule has 16 heavy (non-hydrogen) atoms. The molecule has 1 aliphatic heterocycles. The molecule has 1 aromatic heterocycles. The number of nitrogens with zero attached hydrogens (tertiary/aromatic N) is 1. The van der Waals surface area contributed by atoms with Crippen LogP contribution in [0.25, 0.3) is 0 Å². The molecule has 0 atom stereocenters. The van der Waals surface area contributed by atoms with Crippen molar-refractivity contribution in [3.05, 3.63) is 17.8 Å². The van der Waals surface area contributed by atoms with E-state index < -0.39 is 5.97 Å². The van der Waals surface area contributed by atoms with E-state index in [0.29, 0.717) is 18.2 Å². The molecule has 0 spiro atoms. The first-order valence-electron chi connectivity index (χ1n) is 5.08. The first-order valence-corrected chi connectivity index (χ1v) is 5.08. The number of carbonyl (C=O) groups is 1. The van der Waals surface area contributed by atoms with Gasteiger partial charge >= 0.3 is 5.97 Å². The Hall–Kier alpha value is -1.78. The van der Waals surface area contributed by atoms with E-state index in [0.717, 1.165) is 6.54 Å². The number of ether oxygens (including phenoxy) is 1. The Morgan fingerprint density at radius 1 is 1.62 bits per heavy atom. The van der Waals surface area contributed by atoms with Crippen molar-refractivity contribution < 1.29 is 14.6 Å². The lowest BCUT2D eigenvalue weighted by Crippen LogP contribution is -2.27. The zero-order chi connectivity index (χ0) is 11.8. The van der Waals surface area contributed by atoms with E-state index in [-0.39, 0.29) is 11.0 Å². The van der Waals surface area contributed by atoms with Crippen LogP contribution in [0.3, 0.4) is 0 Å². The SMILES string of the molecule is CC1(C)CNc2ncc(C(=O)O)cc2OC1. The van der Waals surface area contributed by atoms with Gasteiger partial charge in [0.15, 0.2) is 11.6 Å². The fourth-order valence-corrected chi connectivity index (χ4v) is 1.45. The summed E-state index contributed by atoms with van der Waals surface area (Å²) in [6.45, 7) is 5.44. The summed E-state index contributed by atoms with van der Waals surface area (Å²) >= 11 is 0. The summed E-state index contributed by atoms with van der Waals surface area (Å²) in [4.78, 5) is 14.8. The van der Waals surface area contributed by atoms with Gasteiger partial charge in [-0.25, -0.2) is 9.78 Å². The van der Waals surface area contributed by atoms with Crippen LogP contribution >= 0.6 is 0 Å². The summed E-state index contributed by atoms with van der Waals surface area (Å²) in [7, 11) is 0. The summed E-state index contributed by atoms with van der Waals surface area (Å²) in [5, 5.41) is 12.0. The number of aromatic nitrogens is 1. The molecule has 0 unspecified atom stereocenters. The number of rotatable bonds is 1. The van der Waals surface area contributed by atoms with Gasteiger partial charge in [-0.15, -0.1) is 0 Å². The maximum absolute atomic E-state index is 10.8. The minimum Gasteiger partial charge on any atom is -0.489 e. The number of hydrogen-bond donors (Lipinski definition) is 2. The van der Waals surface area contributed by atoms with Gasteiger partial charge in [0.2, 0.25) is 0 Å². The minimum absolute atomic E-state index is 0.00405. The molecule has 5 heteroatoms. The Morgan fingerprint density at radius 2 is 2.38 bits per heavy atom. The maximum atomic E-state index is 10.8. The monoisotopic (exact) mass is 222 g/mol. The minimum atomic E-state index is -0.998. The average Bonchev–Trinajstić information content (AvgIpc) is 2.38. The van der Waals surface area contributed by atoms with Crippen LogP contribution in [0.2, 0.25) is 0 Å². The highest BCUT2D eigenvalue weighted by Crippen LogP contribution is 2.30. The predicted octanol–water partition coefficient (Wildman–Crippen LogP) is 1.61. The van der Waals surface area contributed by atoms with Gasteiger partial charge in [-0.3, -0.25) is 0 Å². The largest absolute Gasteiger partial charge is 0.489 e. The molecule has 5 nitrogen and oxygen atoms in total. The van der Waals surface area contributed by atoms with Crippen molar-refractivity contribution in [3.8, 4) is 5.75 Å². The van der Waals surface area contributed by atoms with Gasteiger partial charge in [0.25, 0.3) is 0 Å². The highest BCUT2D eigenvalue weighted by molar-refractivity contribution is 5.88. The highest BCUT2D eigenvalue weighted by Gasteiger charge is 2.24. The second kappa shape index (κ2) is 3.66. The van der Waals surface area contributed by atoms with Crippen LogP contribution in [0, 0.1) is 5.41 Å². The first kappa shape index (κ1) is 10.7. The second-order valence-electron chi connectivity index (χ2n) is 4.68. The summed E-state index contributed by atoms with van der Waals surface area (Å²) in [6, 6.07) is 1.50. The molecule has 86 valence electrons. The van der Waals surface area contributed by atoms with Gasteiger partial charge in [0, 0.05) is 24.2 Å². The van der Waals surface area contributed by atoms with Crippen molar-refractivity contribution in [1.29, 1.82) is 0 Å². The van der Waals surface area contributed by atoms with Gasteiger partial charge in [0.05, 0.1) is 12.2 Å². The molecule has 1 aliphatic rings. The van der Waals surface area contributed by atoms with E-state index in [9.17, 15) is 4.79 Å². The topological polar surface area (TPSA) is 71.5 Å². The number of carboxylic acid groups (broad SMARTS) is 1. The fraction of sp³-hybridized carbons (Fsp3) is 0.455. The standard InChI is InChI=1S/C11H14N2O3/c1-11(2)5-13-9-8(16-6-11)3-7(4-12-9)10(14)15/h3-4H,5-6H2,1-2H3,(H,12,13)(H,14,15). The van der Waals surface area contributed by atoms with E-state index in [2.05, 4.69) is 24.1 Å². The van der Waals surface area contributed by atoms with Gasteiger partial charge in [-0.1, -0.05) is 13.8 Å². The molecule has 2 heterocycles. The summed E-state index contributed by atoms with van der Waals surface area (Å²) in [5.41, 5.74) is 0.143. The Morgan fingerprint density at radius 3 is 3.06 bits per heavy atom. The van der Waals surface area contributed by atoms with Crippen molar-refractivity contribution in [2.45, 2.75) is 13.8 Å². The zero-order valence-corrected chi connectivity index (χ0v) is 9.28. The Bertz CT molecular complexity index is 429. The van der Waals surface area contributed by atoms with Crippen molar-refractivity contribution in [3.63, 3.8) is 0 Å². The van der Waals surface area contributed by atoms with E-state index in [1.807, 2.05) is 0 Å². The van der Waals surface area contributed by atoms with Crippen LogP contribution in [0.5, 0.6) is 5.75 Å². The quantitative estimate of drug-likeness (QED) is 0.755. The molecular weight excluding hydrogens is 208 g/mol. The van der Waals surface area contributed by atoms with Crippen molar-refractivity contribution in [2.75, 3.05) is 18.5 Å². The van der Waals surface area contributed by atoms with E-state index in [4.69, 9.17) is 9.84 Å². The lowest BCUT2D eigenvalue weighted by Gasteiger charge is -2.20. The molecular formula is C11H14N2O3. The lowest BCUT2D eigenvalue weighted by molar-refractivity contribution is 0.0696. The first-order chi connectivity index (χ1) is 7.48. The molecule has 0 radical (unpaired) electrons. The van der Waals surface area contributed by atoms with Gasteiger partial charge in [0.1, 0.15) is 0 Å². The highest BCUT2D eigenvalue weighted by atomic mass is 16.5. The molecule has 0 saturated carbocycles. The number of nitrogens with one attached hydrogen (secondary N) is 1. The van der Waals surface area contributed by atoms with Crippen LogP contribution in [0.1, 0.15) is 24.2 Å². The number of hydrogen-bond acceptors (Lipinski definition) is 4. The van der Waals surface area contributed by atoms with Crippen LogP contribution in [0.4, 0.5) is 5.82 Å². The van der Waals surface area contributed by atoms with Crippen molar-refractivity contribution in [2.24, 2.45) is 5.41 Å². The summed E-state index contributed by atoms with van der Waals surface area (Å²) in [5.74, 6) is 0.114. The Balaban J connectivity index is 2.32. The molecule has 0 amide bonds. The Kier molecular flexibility index (Phi) is 2.46. The molecule has 2 N–H and O–H groups in total. The molecule has 0 fully saturated rings. The van der Waals surface area contributed by atoms with Gasteiger partial charge < -0.3 is 15.2 Å². The number of anilines is 1. The average molecular weight is 222 g/mol. The molecule has 0 aliphatic carbocycles. The van der Waals surface area contributed by atoms with Gasteiger partial charge in [-0.05, 0) is 0 Å². The van der Waals surface area contributed by atoms with Crippen LogP contribution in [0.15, 0.2) is 12.3 Å².